The molecule has 29 heavy (non-hydrogen) atoms. The molecule has 1 N–H and O–H groups in total. The highest BCUT2D eigenvalue weighted by Crippen LogP contribution is 2.31. The Bertz CT molecular complexity index is 1090. The summed E-state index contributed by atoms with van der Waals surface area (Å²) in [6, 6.07) is 18.3. The van der Waals surface area contributed by atoms with Crippen LogP contribution in [0.15, 0.2) is 54.6 Å². The van der Waals surface area contributed by atoms with Crippen LogP contribution >= 0.6 is 0 Å². The summed E-state index contributed by atoms with van der Waals surface area (Å²) < 4.78 is 6.79. The smallest absolute Gasteiger partial charge is 0.355 e. The summed E-state index contributed by atoms with van der Waals surface area (Å²) in [5.74, 6) is -0.684. The van der Waals surface area contributed by atoms with Gasteiger partial charge in [0.05, 0.1) is 12.2 Å². The van der Waals surface area contributed by atoms with Gasteiger partial charge in [-0.2, -0.15) is 5.26 Å². The van der Waals surface area contributed by atoms with E-state index in [0.29, 0.717) is 16.8 Å². The third kappa shape index (κ3) is 3.90. The number of nitrogens with zero attached hydrogens (tertiary/aromatic N) is 2. The second-order valence-corrected chi connectivity index (χ2v) is 6.52. The molecule has 0 spiro atoms. The van der Waals surface area contributed by atoms with Gasteiger partial charge in [-0.3, -0.25) is 9.36 Å². The highest BCUT2D eigenvalue weighted by Gasteiger charge is 2.28. The van der Waals surface area contributed by atoms with Gasteiger partial charge >= 0.3 is 5.97 Å². The zero-order valence-electron chi connectivity index (χ0n) is 16.5. The minimum Gasteiger partial charge on any atom is -0.461 e. The van der Waals surface area contributed by atoms with Crippen LogP contribution in [0, 0.1) is 25.2 Å². The molecule has 0 aliphatic carbocycles. The highest BCUT2D eigenvalue weighted by atomic mass is 16.5. The van der Waals surface area contributed by atoms with Gasteiger partial charge in [-0.05, 0) is 45.0 Å². The summed E-state index contributed by atoms with van der Waals surface area (Å²) in [5, 5.41) is 12.6. The molecule has 0 unspecified atom stereocenters. The number of nitrogens with one attached hydrogen (secondary N) is 1. The monoisotopic (exact) mass is 387 g/mol. The van der Waals surface area contributed by atoms with E-state index in [4.69, 9.17) is 4.74 Å². The topological polar surface area (TPSA) is 84.1 Å². The molecule has 0 aliphatic heterocycles. The number of esters is 1. The number of hydrogen-bond donors (Lipinski definition) is 1. The zero-order valence-corrected chi connectivity index (χ0v) is 16.5. The Morgan fingerprint density at radius 3 is 2.31 bits per heavy atom. The molecule has 146 valence electrons. The predicted molar refractivity (Wildman–Crippen MR) is 110 cm³/mol. The fourth-order valence-corrected chi connectivity index (χ4v) is 3.11. The molecule has 3 aromatic rings. The number of carbonyl (C=O) groups excluding carboxylic acids is 2. The molecule has 3 rings (SSSR count). The molecular weight excluding hydrogens is 366 g/mol. The molecule has 1 amide bonds. The maximum absolute atomic E-state index is 12.8. The van der Waals surface area contributed by atoms with Crippen LogP contribution < -0.4 is 5.32 Å². The number of aromatic nitrogens is 1. The lowest BCUT2D eigenvalue weighted by Crippen LogP contribution is -2.18. The molecule has 6 heteroatoms. The number of hydrogen-bond acceptors (Lipinski definition) is 4. The van der Waals surface area contributed by atoms with Gasteiger partial charge in [-0.15, -0.1) is 0 Å². The molecule has 0 fully saturated rings. The summed E-state index contributed by atoms with van der Waals surface area (Å²) in [6.45, 7) is 5.55. The van der Waals surface area contributed by atoms with Crippen molar-refractivity contribution in [3.8, 4) is 11.8 Å². The van der Waals surface area contributed by atoms with Gasteiger partial charge in [0.1, 0.15) is 17.6 Å². The Labute approximate surface area is 169 Å². The Balaban J connectivity index is 2.21. The van der Waals surface area contributed by atoms with Crippen molar-refractivity contribution >= 4 is 17.7 Å². The van der Waals surface area contributed by atoms with Crippen LogP contribution in [0.25, 0.3) is 5.69 Å². The minimum atomic E-state index is -0.553. The number of aryl methyl sites for hydroxylation is 1. The molecule has 1 aromatic heterocycles. The second-order valence-electron chi connectivity index (χ2n) is 6.52. The van der Waals surface area contributed by atoms with E-state index in [1.165, 1.54) is 0 Å². The Morgan fingerprint density at radius 1 is 1.07 bits per heavy atom. The van der Waals surface area contributed by atoms with E-state index >= 15 is 0 Å². The van der Waals surface area contributed by atoms with E-state index in [9.17, 15) is 14.9 Å². The first-order valence-electron chi connectivity index (χ1n) is 9.23. The van der Waals surface area contributed by atoms with Crippen molar-refractivity contribution in [2.45, 2.75) is 20.8 Å². The maximum Gasteiger partial charge on any atom is 0.355 e. The van der Waals surface area contributed by atoms with Crippen molar-refractivity contribution in [1.29, 1.82) is 5.26 Å². The van der Waals surface area contributed by atoms with E-state index in [0.717, 1.165) is 5.56 Å². The van der Waals surface area contributed by atoms with E-state index < -0.39 is 5.97 Å². The number of nitriles is 1. The number of rotatable bonds is 5. The van der Waals surface area contributed by atoms with Crippen LogP contribution in [0.2, 0.25) is 0 Å². The van der Waals surface area contributed by atoms with Crippen LogP contribution in [0.4, 0.5) is 5.82 Å². The number of amides is 1. The molecule has 0 saturated heterocycles. The molecule has 0 saturated carbocycles. The molecule has 2 aromatic carbocycles. The Hall–Kier alpha value is -3.85. The molecule has 0 radical (unpaired) electrons. The molecule has 0 bridgehead atoms. The van der Waals surface area contributed by atoms with Gasteiger partial charge < -0.3 is 10.1 Å². The van der Waals surface area contributed by atoms with E-state index in [2.05, 4.69) is 11.4 Å². The van der Waals surface area contributed by atoms with Crippen molar-refractivity contribution in [2.75, 3.05) is 11.9 Å². The fourth-order valence-electron chi connectivity index (χ4n) is 3.11. The summed E-state index contributed by atoms with van der Waals surface area (Å²) in [7, 11) is 0. The summed E-state index contributed by atoms with van der Waals surface area (Å²) in [4.78, 5) is 25.5. The standard InChI is InChI=1S/C23H21N3O3/c1-4-29-23(28)20-16(3)19(14-24)21(25-22(27)17-8-6-5-7-9-17)26(20)18-12-10-15(2)11-13-18/h5-13H,4H2,1-3H3,(H,25,27). The fraction of sp³-hybridized carbons (Fsp3) is 0.174. The van der Waals surface area contributed by atoms with Crippen molar-refractivity contribution < 1.29 is 14.3 Å². The van der Waals surface area contributed by atoms with Crippen molar-refractivity contribution in [3.05, 3.63) is 82.5 Å². The third-order valence-electron chi connectivity index (χ3n) is 4.55. The molecular formula is C23H21N3O3. The number of benzene rings is 2. The van der Waals surface area contributed by atoms with Crippen molar-refractivity contribution in [3.63, 3.8) is 0 Å². The quantitative estimate of drug-likeness (QED) is 0.658. The zero-order chi connectivity index (χ0) is 21.0. The average molecular weight is 387 g/mol. The summed E-state index contributed by atoms with van der Waals surface area (Å²) in [5.41, 5.74) is 3.03. The van der Waals surface area contributed by atoms with Crippen molar-refractivity contribution in [1.82, 2.24) is 4.57 Å². The Kier molecular flexibility index (Phi) is 5.79. The van der Waals surface area contributed by atoms with Crippen LogP contribution in [-0.4, -0.2) is 23.1 Å². The summed E-state index contributed by atoms with van der Waals surface area (Å²) >= 11 is 0. The maximum atomic E-state index is 12.8. The van der Waals surface area contributed by atoms with Crippen LogP contribution in [0.1, 0.15) is 44.5 Å². The minimum absolute atomic E-state index is 0.199. The van der Waals surface area contributed by atoms with Gasteiger partial charge in [-0.1, -0.05) is 35.9 Å². The van der Waals surface area contributed by atoms with Crippen LogP contribution in [0.3, 0.4) is 0 Å². The van der Waals surface area contributed by atoms with E-state index in [-0.39, 0.29) is 29.6 Å². The van der Waals surface area contributed by atoms with Crippen LogP contribution in [0.5, 0.6) is 0 Å². The normalized spacial score (nSPS) is 10.3. The highest BCUT2D eigenvalue weighted by molar-refractivity contribution is 6.06. The SMILES string of the molecule is CCOC(=O)c1c(C)c(C#N)c(NC(=O)c2ccccc2)n1-c1ccc(C)cc1. The van der Waals surface area contributed by atoms with E-state index in [1.54, 1.807) is 42.7 Å². The number of anilines is 1. The first kappa shape index (κ1) is 19.9. The lowest BCUT2D eigenvalue weighted by molar-refractivity contribution is 0.0516. The van der Waals surface area contributed by atoms with Gasteiger partial charge in [-0.25, -0.2) is 4.79 Å². The summed E-state index contributed by atoms with van der Waals surface area (Å²) in [6.07, 6.45) is 0. The first-order chi connectivity index (χ1) is 14.0. The van der Waals surface area contributed by atoms with E-state index in [1.807, 2.05) is 37.3 Å². The molecule has 6 nitrogen and oxygen atoms in total. The lowest BCUT2D eigenvalue weighted by Gasteiger charge is -2.14. The molecule has 0 atom stereocenters. The lowest BCUT2D eigenvalue weighted by atomic mass is 10.1. The predicted octanol–water partition coefficient (Wildman–Crippen LogP) is 4.39. The molecule has 1 heterocycles. The second kappa shape index (κ2) is 8.44. The van der Waals surface area contributed by atoms with Crippen LogP contribution in [-0.2, 0) is 4.74 Å². The average Bonchev–Trinajstić information content (AvgIpc) is 3.00. The first-order valence-corrected chi connectivity index (χ1v) is 9.23. The largest absolute Gasteiger partial charge is 0.461 e. The van der Waals surface area contributed by atoms with Gasteiger partial charge in [0.25, 0.3) is 5.91 Å². The molecule has 0 aliphatic rings. The van der Waals surface area contributed by atoms with Crippen molar-refractivity contribution in [2.24, 2.45) is 0 Å². The van der Waals surface area contributed by atoms with Gasteiger partial charge in [0.15, 0.2) is 0 Å². The van der Waals surface area contributed by atoms with Gasteiger partial charge in [0, 0.05) is 16.8 Å². The number of carbonyl (C=O) groups is 2. The Morgan fingerprint density at radius 2 is 1.72 bits per heavy atom. The third-order valence-corrected chi connectivity index (χ3v) is 4.55. The number of ether oxygens (including phenoxy) is 1. The van der Waals surface area contributed by atoms with Gasteiger partial charge in [0.2, 0.25) is 0 Å².